The highest BCUT2D eigenvalue weighted by Gasteiger charge is 2.10. The third kappa shape index (κ3) is 5.36. The number of para-hydroxylation sites is 1. The molecule has 4 rings (SSSR count). The van der Waals surface area contributed by atoms with Crippen molar-refractivity contribution in [3.63, 3.8) is 0 Å². The van der Waals surface area contributed by atoms with E-state index >= 15 is 0 Å². The zero-order valence-corrected chi connectivity index (χ0v) is 18.2. The molecule has 0 atom stereocenters. The van der Waals surface area contributed by atoms with Crippen LogP contribution in [0, 0.1) is 0 Å². The Morgan fingerprint density at radius 2 is 1.84 bits per heavy atom. The molecule has 0 amide bonds. The lowest BCUT2D eigenvalue weighted by atomic mass is 10.2. The lowest BCUT2D eigenvalue weighted by Gasteiger charge is -2.13. The average Bonchev–Trinajstić information content (AvgIpc) is 2.76. The first-order chi connectivity index (χ1) is 15.1. The molecule has 2 heterocycles. The Bertz CT molecular complexity index is 1220. The van der Waals surface area contributed by atoms with Crippen LogP contribution >= 0.6 is 23.8 Å². The molecule has 2 aromatic heterocycles. The van der Waals surface area contributed by atoms with Gasteiger partial charge in [-0.05, 0) is 61.6 Å². The maximum absolute atomic E-state index is 6.21. The zero-order chi connectivity index (χ0) is 21.6. The van der Waals surface area contributed by atoms with Gasteiger partial charge in [-0.2, -0.15) is 0 Å². The molecular formula is C22H19ClN6OS. The molecule has 2 aromatic carbocycles. The Hall–Kier alpha value is -3.49. The number of hydrogen-bond donors (Lipinski definition) is 3. The minimum absolute atomic E-state index is 0.474. The smallest absolute Gasteiger partial charge is 0.182 e. The van der Waals surface area contributed by atoms with E-state index in [1.807, 2.05) is 43.3 Å². The lowest BCUT2D eigenvalue weighted by molar-refractivity contribution is 0.485. The van der Waals surface area contributed by atoms with Crippen molar-refractivity contribution in [1.82, 2.24) is 20.3 Å². The van der Waals surface area contributed by atoms with Crippen LogP contribution in [0.1, 0.15) is 6.92 Å². The minimum atomic E-state index is 0.474. The van der Waals surface area contributed by atoms with Gasteiger partial charge in [-0.25, -0.2) is 15.0 Å². The monoisotopic (exact) mass is 450 g/mol. The summed E-state index contributed by atoms with van der Waals surface area (Å²) in [5.74, 6) is 2.41. The largest absolute Gasteiger partial charge is 0.455 e. The number of pyridine rings is 1. The molecule has 0 bridgehead atoms. The molecule has 0 aliphatic rings. The maximum Gasteiger partial charge on any atom is 0.182 e. The van der Waals surface area contributed by atoms with Crippen LogP contribution in [-0.4, -0.2) is 26.6 Å². The zero-order valence-electron chi connectivity index (χ0n) is 16.6. The summed E-state index contributed by atoms with van der Waals surface area (Å²) in [7, 11) is 0. The second kappa shape index (κ2) is 9.55. The fourth-order valence-corrected chi connectivity index (χ4v) is 3.21. The predicted molar refractivity (Wildman–Crippen MR) is 128 cm³/mol. The van der Waals surface area contributed by atoms with Gasteiger partial charge in [-0.15, -0.1) is 0 Å². The van der Waals surface area contributed by atoms with Gasteiger partial charge in [-0.3, -0.25) is 0 Å². The van der Waals surface area contributed by atoms with Gasteiger partial charge in [0.25, 0.3) is 0 Å². The summed E-state index contributed by atoms with van der Waals surface area (Å²) in [6.07, 6.45) is 1.63. The van der Waals surface area contributed by atoms with Crippen LogP contribution in [0.15, 0.2) is 66.9 Å². The quantitative estimate of drug-likeness (QED) is 0.331. The molecule has 0 spiro atoms. The van der Waals surface area contributed by atoms with Crippen molar-refractivity contribution in [2.24, 2.45) is 0 Å². The lowest BCUT2D eigenvalue weighted by Crippen LogP contribution is -2.28. The number of thiocarbonyl (C=S) groups is 1. The fraction of sp³-hybridized carbons (Fsp3) is 0.0909. The van der Waals surface area contributed by atoms with Gasteiger partial charge in [0.2, 0.25) is 0 Å². The van der Waals surface area contributed by atoms with Gasteiger partial charge < -0.3 is 20.7 Å². The SMILES string of the molecule is CCNC(=S)Nc1ccc2ncc(Nc3cc(Cl)ccc3Oc3ccccc3)nc2n1. The molecule has 0 unspecified atom stereocenters. The summed E-state index contributed by atoms with van der Waals surface area (Å²) >= 11 is 11.4. The highest BCUT2D eigenvalue weighted by molar-refractivity contribution is 7.80. The van der Waals surface area contributed by atoms with Crippen LogP contribution in [0.25, 0.3) is 11.2 Å². The van der Waals surface area contributed by atoms with E-state index in [2.05, 4.69) is 30.9 Å². The van der Waals surface area contributed by atoms with Crippen LogP contribution < -0.4 is 20.7 Å². The van der Waals surface area contributed by atoms with Crippen LogP contribution in [-0.2, 0) is 0 Å². The maximum atomic E-state index is 6.21. The normalized spacial score (nSPS) is 10.5. The molecule has 31 heavy (non-hydrogen) atoms. The fourth-order valence-electron chi connectivity index (χ4n) is 2.79. The highest BCUT2D eigenvalue weighted by Crippen LogP contribution is 2.33. The number of benzene rings is 2. The Kier molecular flexibility index (Phi) is 6.40. The topological polar surface area (TPSA) is 84.0 Å². The minimum Gasteiger partial charge on any atom is -0.455 e. The van der Waals surface area contributed by atoms with E-state index in [1.54, 1.807) is 30.5 Å². The summed E-state index contributed by atoms with van der Waals surface area (Å²) in [5.41, 5.74) is 1.80. The highest BCUT2D eigenvalue weighted by atomic mass is 35.5. The van der Waals surface area contributed by atoms with Gasteiger partial charge in [-0.1, -0.05) is 29.8 Å². The van der Waals surface area contributed by atoms with E-state index in [9.17, 15) is 0 Å². The Morgan fingerprint density at radius 1 is 1.03 bits per heavy atom. The number of ether oxygens (including phenoxy) is 1. The van der Waals surface area contributed by atoms with Gasteiger partial charge in [0.15, 0.2) is 22.3 Å². The second-order valence-electron chi connectivity index (χ2n) is 6.46. The first kappa shape index (κ1) is 20.8. The van der Waals surface area contributed by atoms with E-state index in [4.69, 9.17) is 28.6 Å². The van der Waals surface area contributed by atoms with Crippen molar-refractivity contribution in [2.75, 3.05) is 17.2 Å². The van der Waals surface area contributed by atoms with E-state index in [1.165, 1.54) is 0 Å². The molecule has 0 fully saturated rings. The number of rotatable bonds is 6. The summed E-state index contributed by atoms with van der Waals surface area (Å²) in [6, 6.07) is 18.5. The molecule has 3 N–H and O–H groups in total. The molecule has 0 radical (unpaired) electrons. The molecular weight excluding hydrogens is 432 g/mol. The van der Waals surface area contributed by atoms with Crippen molar-refractivity contribution in [3.8, 4) is 11.5 Å². The van der Waals surface area contributed by atoms with E-state index in [-0.39, 0.29) is 0 Å². The molecule has 0 aliphatic carbocycles. The Balaban J connectivity index is 1.60. The van der Waals surface area contributed by atoms with Crippen molar-refractivity contribution in [3.05, 3.63) is 71.9 Å². The van der Waals surface area contributed by atoms with Crippen LogP contribution in [0.2, 0.25) is 5.02 Å². The number of halogens is 1. The third-order valence-corrected chi connectivity index (χ3v) is 4.64. The molecule has 0 aliphatic heterocycles. The third-order valence-electron chi connectivity index (χ3n) is 4.16. The van der Waals surface area contributed by atoms with Crippen molar-refractivity contribution < 1.29 is 4.74 Å². The van der Waals surface area contributed by atoms with Crippen LogP contribution in [0.5, 0.6) is 11.5 Å². The number of hydrogen-bond acceptors (Lipinski definition) is 6. The number of nitrogens with one attached hydrogen (secondary N) is 3. The first-order valence-corrected chi connectivity index (χ1v) is 10.4. The molecule has 9 heteroatoms. The molecule has 156 valence electrons. The predicted octanol–water partition coefficient (Wildman–Crippen LogP) is 5.52. The number of anilines is 3. The van der Waals surface area contributed by atoms with Gasteiger partial charge in [0.1, 0.15) is 17.1 Å². The van der Waals surface area contributed by atoms with E-state index in [0.717, 1.165) is 6.54 Å². The van der Waals surface area contributed by atoms with E-state index < -0.39 is 0 Å². The van der Waals surface area contributed by atoms with Crippen molar-refractivity contribution in [1.29, 1.82) is 0 Å². The Morgan fingerprint density at radius 3 is 2.65 bits per heavy atom. The number of aromatic nitrogens is 3. The summed E-state index contributed by atoms with van der Waals surface area (Å²) < 4.78 is 5.99. The van der Waals surface area contributed by atoms with E-state index in [0.29, 0.717) is 50.1 Å². The summed E-state index contributed by atoms with van der Waals surface area (Å²) in [5, 5.41) is 10.3. The first-order valence-electron chi connectivity index (χ1n) is 9.59. The van der Waals surface area contributed by atoms with Crippen LogP contribution in [0.3, 0.4) is 0 Å². The molecule has 0 saturated heterocycles. The summed E-state index contributed by atoms with van der Waals surface area (Å²) in [4.78, 5) is 13.5. The van der Waals surface area contributed by atoms with Crippen LogP contribution in [0.4, 0.5) is 17.3 Å². The van der Waals surface area contributed by atoms with Gasteiger partial charge in [0, 0.05) is 11.6 Å². The summed E-state index contributed by atoms with van der Waals surface area (Å²) in [6.45, 7) is 2.69. The van der Waals surface area contributed by atoms with Crippen molar-refractivity contribution in [2.45, 2.75) is 6.92 Å². The molecule has 4 aromatic rings. The number of nitrogens with zero attached hydrogens (tertiary/aromatic N) is 3. The van der Waals surface area contributed by atoms with Gasteiger partial charge >= 0.3 is 0 Å². The van der Waals surface area contributed by atoms with Crippen molar-refractivity contribution >= 4 is 57.4 Å². The standard InChI is InChI=1S/C22H19ClN6OS/c1-2-24-22(31)29-19-11-9-16-21(27-19)28-20(13-25-16)26-17-12-14(23)8-10-18(17)30-15-6-4-3-5-7-15/h3-13H,2H2,1H3,(H3,24,26,27,28,29,31). The Labute approximate surface area is 189 Å². The molecule has 7 nitrogen and oxygen atoms in total. The second-order valence-corrected chi connectivity index (χ2v) is 7.30. The molecule has 0 saturated carbocycles. The average molecular weight is 451 g/mol. The number of fused-ring (bicyclic) bond motifs is 1. The van der Waals surface area contributed by atoms with Gasteiger partial charge in [0.05, 0.1) is 11.9 Å².